The SMILES string of the molecule is CC[N+](CC)(CC)COCCOC.Cc1ccc(S(=O)(=O)[O-])cc1. The fourth-order valence-corrected chi connectivity index (χ4v) is 2.52. The number of methoxy groups -OCH3 is 1. The number of nitrogens with zero attached hydrogens (tertiary/aromatic N) is 1. The third-order valence-electron chi connectivity index (χ3n) is 4.12. The Morgan fingerprint density at radius 2 is 1.50 bits per heavy atom. The first-order chi connectivity index (χ1) is 11.2. The van der Waals surface area contributed by atoms with E-state index in [-0.39, 0.29) is 4.90 Å². The minimum atomic E-state index is -4.27. The molecule has 0 unspecified atom stereocenters. The Balaban J connectivity index is 0.000000446. The van der Waals surface area contributed by atoms with E-state index < -0.39 is 10.1 Å². The number of ether oxygens (including phenoxy) is 2. The highest BCUT2D eigenvalue weighted by molar-refractivity contribution is 7.85. The van der Waals surface area contributed by atoms with Crippen molar-refractivity contribution in [3.63, 3.8) is 0 Å². The van der Waals surface area contributed by atoms with E-state index in [1.165, 1.54) is 12.1 Å². The summed E-state index contributed by atoms with van der Waals surface area (Å²) < 4.78 is 42.7. The number of hydrogen-bond donors (Lipinski definition) is 0. The lowest BCUT2D eigenvalue weighted by Crippen LogP contribution is -2.49. The fraction of sp³-hybridized carbons (Fsp3) is 0.647. The standard InChI is InChI=1S/C10H24NO2.C7H8O3S/c1-5-11(6-2,7-3)10-13-9-8-12-4;1-6-2-4-7(5-3-6)11(8,9)10/h5-10H2,1-4H3;2-5H,1H3,(H,8,9,10)/q+1;/p-1. The van der Waals surface area contributed by atoms with Crippen LogP contribution in [0.15, 0.2) is 29.2 Å². The van der Waals surface area contributed by atoms with Crippen molar-refractivity contribution in [2.75, 3.05) is 46.7 Å². The summed E-state index contributed by atoms with van der Waals surface area (Å²) in [5, 5.41) is 0. The Hall–Kier alpha value is -0.990. The molecule has 1 aromatic rings. The molecule has 0 aromatic heterocycles. The van der Waals surface area contributed by atoms with Gasteiger partial charge in [0.25, 0.3) is 0 Å². The average molecular weight is 362 g/mol. The molecule has 0 amide bonds. The van der Waals surface area contributed by atoms with Crippen LogP contribution >= 0.6 is 0 Å². The Bertz CT molecular complexity index is 530. The van der Waals surface area contributed by atoms with Gasteiger partial charge in [-0.3, -0.25) is 0 Å². The third-order valence-corrected chi connectivity index (χ3v) is 4.97. The monoisotopic (exact) mass is 361 g/mol. The van der Waals surface area contributed by atoms with Crippen molar-refractivity contribution in [3.8, 4) is 0 Å². The molecule has 0 radical (unpaired) electrons. The van der Waals surface area contributed by atoms with Gasteiger partial charge in [0.2, 0.25) is 0 Å². The Morgan fingerprint density at radius 3 is 1.88 bits per heavy atom. The topological polar surface area (TPSA) is 75.7 Å². The van der Waals surface area contributed by atoms with E-state index in [2.05, 4.69) is 20.8 Å². The van der Waals surface area contributed by atoms with Crippen LogP contribution in [0.5, 0.6) is 0 Å². The van der Waals surface area contributed by atoms with Gasteiger partial charge in [-0.25, -0.2) is 8.42 Å². The summed E-state index contributed by atoms with van der Waals surface area (Å²) in [5.41, 5.74) is 0.928. The Morgan fingerprint density at radius 1 is 1.00 bits per heavy atom. The van der Waals surface area contributed by atoms with Gasteiger partial charge >= 0.3 is 0 Å². The van der Waals surface area contributed by atoms with Crippen molar-refractivity contribution in [2.45, 2.75) is 32.6 Å². The first-order valence-electron chi connectivity index (χ1n) is 8.19. The average Bonchev–Trinajstić information content (AvgIpc) is 2.56. The van der Waals surface area contributed by atoms with Crippen LogP contribution in [0.1, 0.15) is 26.3 Å². The van der Waals surface area contributed by atoms with E-state index in [0.717, 1.165) is 36.4 Å². The summed E-state index contributed by atoms with van der Waals surface area (Å²) in [4.78, 5) is -0.178. The third kappa shape index (κ3) is 8.75. The smallest absolute Gasteiger partial charge is 0.183 e. The van der Waals surface area contributed by atoms with Crippen LogP contribution in [0, 0.1) is 6.92 Å². The van der Waals surface area contributed by atoms with Crippen LogP contribution in [-0.4, -0.2) is 64.1 Å². The zero-order valence-corrected chi connectivity index (χ0v) is 16.3. The van der Waals surface area contributed by atoms with E-state index in [1.54, 1.807) is 19.2 Å². The Kier molecular flexibility index (Phi) is 11.1. The van der Waals surface area contributed by atoms with Crippen LogP contribution in [0.2, 0.25) is 0 Å². The number of benzene rings is 1. The van der Waals surface area contributed by atoms with E-state index >= 15 is 0 Å². The first kappa shape index (κ1) is 23.0. The fourth-order valence-electron chi connectivity index (χ4n) is 2.05. The molecule has 0 heterocycles. The molecule has 7 heteroatoms. The van der Waals surface area contributed by atoms with Gasteiger partial charge in [0.1, 0.15) is 10.1 Å². The van der Waals surface area contributed by atoms with Crippen molar-refractivity contribution in [1.29, 1.82) is 0 Å². The largest absolute Gasteiger partial charge is 0.744 e. The predicted molar refractivity (Wildman–Crippen MR) is 93.7 cm³/mol. The molecule has 0 aliphatic rings. The van der Waals surface area contributed by atoms with E-state index in [4.69, 9.17) is 9.47 Å². The summed E-state index contributed by atoms with van der Waals surface area (Å²) in [6.07, 6.45) is 0. The molecular weight excluding hydrogens is 330 g/mol. The normalized spacial score (nSPS) is 11.8. The maximum Gasteiger partial charge on any atom is 0.183 e. The maximum absolute atomic E-state index is 10.4. The quantitative estimate of drug-likeness (QED) is 0.292. The molecule has 0 N–H and O–H groups in total. The highest BCUT2D eigenvalue weighted by Crippen LogP contribution is 2.08. The van der Waals surface area contributed by atoms with Gasteiger partial charge in [-0.2, -0.15) is 0 Å². The van der Waals surface area contributed by atoms with E-state index in [0.29, 0.717) is 13.2 Å². The highest BCUT2D eigenvalue weighted by Gasteiger charge is 2.20. The van der Waals surface area contributed by atoms with Crippen LogP contribution < -0.4 is 0 Å². The Labute approximate surface area is 146 Å². The molecule has 0 saturated heterocycles. The second kappa shape index (κ2) is 11.5. The zero-order chi connectivity index (χ0) is 18.6. The molecule has 1 aromatic carbocycles. The molecule has 1 rings (SSSR count). The van der Waals surface area contributed by atoms with Crippen molar-refractivity contribution in [1.82, 2.24) is 0 Å². The number of quaternary nitrogens is 1. The lowest BCUT2D eigenvalue weighted by atomic mass is 10.2. The van der Waals surface area contributed by atoms with Gasteiger partial charge in [-0.15, -0.1) is 0 Å². The summed E-state index contributed by atoms with van der Waals surface area (Å²) in [7, 11) is -2.57. The van der Waals surface area contributed by atoms with Gasteiger partial charge in [0, 0.05) is 7.11 Å². The van der Waals surface area contributed by atoms with Crippen LogP contribution in [0.25, 0.3) is 0 Å². The van der Waals surface area contributed by atoms with E-state index in [9.17, 15) is 13.0 Å². The van der Waals surface area contributed by atoms with Gasteiger partial charge in [-0.1, -0.05) is 17.7 Å². The molecule has 24 heavy (non-hydrogen) atoms. The summed E-state index contributed by atoms with van der Waals surface area (Å²) in [6.45, 7) is 14.1. The van der Waals surface area contributed by atoms with Crippen molar-refractivity contribution in [3.05, 3.63) is 29.8 Å². The van der Waals surface area contributed by atoms with E-state index in [1.807, 2.05) is 6.92 Å². The van der Waals surface area contributed by atoms with Gasteiger partial charge < -0.3 is 18.5 Å². The molecule has 0 atom stereocenters. The highest BCUT2D eigenvalue weighted by atomic mass is 32.2. The molecular formula is C17H31NO5S. The van der Waals surface area contributed by atoms with Crippen LogP contribution in [0.4, 0.5) is 0 Å². The van der Waals surface area contributed by atoms with Gasteiger partial charge in [-0.05, 0) is 39.8 Å². The number of rotatable bonds is 9. The molecule has 0 aliphatic carbocycles. The number of aryl methyl sites for hydroxylation is 1. The molecule has 0 fully saturated rings. The molecule has 6 nitrogen and oxygen atoms in total. The molecule has 140 valence electrons. The second-order valence-corrected chi connectivity index (χ2v) is 6.97. The predicted octanol–water partition coefficient (Wildman–Crippen LogP) is 2.38. The van der Waals surface area contributed by atoms with Gasteiger partial charge in [0.15, 0.2) is 6.73 Å². The van der Waals surface area contributed by atoms with Crippen molar-refractivity contribution in [2.24, 2.45) is 0 Å². The zero-order valence-electron chi connectivity index (χ0n) is 15.4. The molecule has 0 saturated carbocycles. The first-order valence-corrected chi connectivity index (χ1v) is 9.59. The summed E-state index contributed by atoms with van der Waals surface area (Å²) >= 11 is 0. The van der Waals surface area contributed by atoms with Crippen LogP contribution in [-0.2, 0) is 19.6 Å². The molecule has 0 spiro atoms. The minimum Gasteiger partial charge on any atom is -0.744 e. The molecule has 0 aliphatic heterocycles. The van der Waals surface area contributed by atoms with Crippen molar-refractivity contribution < 1.29 is 26.9 Å². The van der Waals surface area contributed by atoms with Crippen LogP contribution in [0.3, 0.4) is 0 Å². The summed E-state index contributed by atoms with van der Waals surface area (Å²) in [5.74, 6) is 0. The lowest BCUT2D eigenvalue weighted by Gasteiger charge is -2.34. The summed E-state index contributed by atoms with van der Waals surface area (Å²) in [6, 6.07) is 5.78. The second-order valence-electron chi connectivity index (χ2n) is 5.59. The molecule has 0 bridgehead atoms. The van der Waals surface area contributed by atoms with Gasteiger partial charge in [0.05, 0.1) is 37.7 Å². The minimum absolute atomic E-state index is 0.178. The number of hydrogen-bond acceptors (Lipinski definition) is 5. The van der Waals surface area contributed by atoms with Crippen molar-refractivity contribution >= 4 is 10.1 Å². The maximum atomic E-state index is 10.4. The lowest BCUT2D eigenvalue weighted by molar-refractivity contribution is -0.941.